The van der Waals surface area contributed by atoms with Gasteiger partial charge in [0.15, 0.2) is 0 Å². The maximum Gasteiger partial charge on any atom is 0.122 e. The Morgan fingerprint density at radius 2 is 1.32 bits per heavy atom. The zero-order chi connectivity index (χ0) is 21.4. The molecule has 4 heteroatoms. The zero-order valence-corrected chi connectivity index (χ0v) is 18.5. The first-order valence-corrected chi connectivity index (χ1v) is 11.2. The maximum absolute atomic E-state index is 5.92. The number of rotatable bonds is 8. The highest BCUT2D eigenvalue weighted by Gasteiger charge is 2.35. The lowest BCUT2D eigenvalue weighted by Gasteiger charge is -2.16. The molecule has 2 heterocycles. The van der Waals surface area contributed by atoms with Crippen molar-refractivity contribution in [3.63, 3.8) is 0 Å². The van der Waals surface area contributed by atoms with Crippen molar-refractivity contribution in [1.82, 2.24) is 0 Å². The lowest BCUT2D eigenvalue weighted by atomic mass is 9.90. The topological polar surface area (TPSA) is 43.5 Å². The van der Waals surface area contributed by atoms with E-state index in [1.165, 1.54) is 27.8 Å². The van der Waals surface area contributed by atoms with Crippen molar-refractivity contribution in [3.8, 4) is 11.5 Å². The third kappa shape index (κ3) is 4.86. The summed E-state index contributed by atoms with van der Waals surface area (Å²) < 4.78 is 22.5. The van der Waals surface area contributed by atoms with Gasteiger partial charge in [0.05, 0.1) is 12.2 Å². The molecular formula is C27H30O4. The standard InChI is InChI=1S/C27H30O4/c1-17-14-23(10-13-25(17)29-16-27-19(3)31-27)22-6-4-20(5-7-22)21-8-11-24(12-9-21)28-15-26-18(2)30-26/h4,7-14,18-19,26-27H,5-6,15-16H2,1-3H3. The molecule has 2 aliphatic heterocycles. The van der Waals surface area contributed by atoms with Crippen molar-refractivity contribution in [1.29, 1.82) is 0 Å². The van der Waals surface area contributed by atoms with Gasteiger partial charge < -0.3 is 18.9 Å². The molecule has 2 aromatic carbocycles. The molecule has 0 radical (unpaired) electrons. The molecule has 0 spiro atoms. The van der Waals surface area contributed by atoms with E-state index >= 15 is 0 Å². The number of benzene rings is 2. The molecule has 3 aliphatic rings. The monoisotopic (exact) mass is 418 g/mol. The number of aryl methyl sites for hydroxylation is 1. The summed E-state index contributed by atoms with van der Waals surface area (Å²) in [6.07, 6.45) is 7.75. The fourth-order valence-corrected chi connectivity index (χ4v) is 4.04. The average molecular weight is 419 g/mol. The summed E-state index contributed by atoms with van der Waals surface area (Å²) in [7, 11) is 0. The normalized spacial score (nSPS) is 26.7. The van der Waals surface area contributed by atoms with Crippen molar-refractivity contribution in [2.75, 3.05) is 13.2 Å². The van der Waals surface area contributed by atoms with E-state index in [9.17, 15) is 0 Å². The van der Waals surface area contributed by atoms with E-state index in [0.29, 0.717) is 25.4 Å². The predicted molar refractivity (Wildman–Crippen MR) is 122 cm³/mol. The van der Waals surface area contributed by atoms with E-state index in [2.05, 4.69) is 75.4 Å². The van der Waals surface area contributed by atoms with E-state index in [1.807, 2.05) is 0 Å². The van der Waals surface area contributed by atoms with Gasteiger partial charge in [-0.3, -0.25) is 0 Å². The highest BCUT2D eigenvalue weighted by molar-refractivity contribution is 5.78. The number of ether oxygens (including phenoxy) is 4. The molecule has 162 valence electrons. The SMILES string of the molecule is Cc1cc(C2=CCC(c3ccc(OCC4OC4C)cc3)=CC2)ccc1OCC1OC1C. The second kappa shape index (κ2) is 8.52. The Kier molecular flexibility index (Phi) is 5.59. The average Bonchev–Trinajstić information content (AvgIpc) is 3.70. The summed E-state index contributed by atoms with van der Waals surface area (Å²) in [6.45, 7) is 7.52. The van der Waals surface area contributed by atoms with Crippen LogP contribution in [0.2, 0.25) is 0 Å². The van der Waals surface area contributed by atoms with Crippen molar-refractivity contribution < 1.29 is 18.9 Å². The lowest BCUT2D eigenvalue weighted by Crippen LogP contribution is -2.07. The van der Waals surface area contributed by atoms with E-state index < -0.39 is 0 Å². The van der Waals surface area contributed by atoms with Gasteiger partial charge in [-0.05, 0) is 85.7 Å². The lowest BCUT2D eigenvalue weighted by molar-refractivity contribution is 0.259. The van der Waals surface area contributed by atoms with Gasteiger partial charge in [0.25, 0.3) is 0 Å². The number of hydrogen-bond acceptors (Lipinski definition) is 4. The molecule has 5 rings (SSSR count). The smallest absolute Gasteiger partial charge is 0.122 e. The van der Waals surface area contributed by atoms with Crippen LogP contribution in [0.3, 0.4) is 0 Å². The van der Waals surface area contributed by atoms with Gasteiger partial charge >= 0.3 is 0 Å². The molecule has 4 nitrogen and oxygen atoms in total. The fourth-order valence-electron chi connectivity index (χ4n) is 4.04. The van der Waals surface area contributed by atoms with Crippen molar-refractivity contribution in [2.24, 2.45) is 0 Å². The molecule has 0 amide bonds. The van der Waals surface area contributed by atoms with Crippen LogP contribution in [0.15, 0.2) is 54.6 Å². The van der Waals surface area contributed by atoms with Gasteiger partial charge in [0.2, 0.25) is 0 Å². The zero-order valence-electron chi connectivity index (χ0n) is 18.5. The first kappa shape index (κ1) is 20.3. The van der Waals surface area contributed by atoms with Gasteiger partial charge in [0, 0.05) is 0 Å². The quantitative estimate of drug-likeness (QED) is 0.524. The summed E-state index contributed by atoms with van der Waals surface area (Å²) in [4.78, 5) is 0. The summed E-state index contributed by atoms with van der Waals surface area (Å²) in [5.41, 5.74) is 6.44. The summed E-state index contributed by atoms with van der Waals surface area (Å²) in [5.74, 6) is 1.85. The van der Waals surface area contributed by atoms with Crippen LogP contribution >= 0.6 is 0 Å². The molecule has 2 saturated heterocycles. The number of hydrogen-bond donors (Lipinski definition) is 0. The highest BCUT2D eigenvalue weighted by atomic mass is 16.6. The molecule has 0 aromatic heterocycles. The van der Waals surface area contributed by atoms with Crippen LogP contribution in [0.25, 0.3) is 11.1 Å². The second-order valence-electron chi connectivity index (χ2n) is 8.75. The van der Waals surface area contributed by atoms with Crippen molar-refractivity contribution in [3.05, 3.63) is 71.3 Å². The Bertz CT molecular complexity index is 1000. The third-order valence-corrected chi connectivity index (χ3v) is 6.40. The Morgan fingerprint density at radius 3 is 1.87 bits per heavy atom. The second-order valence-corrected chi connectivity index (χ2v) is 8.75. The molecule has 2 aromatic rings. The summed E-state index contributed by atoms with van der Waals surface area (Å²) >= 11 is 0. The van der Waals surface area contributed by atoms with Crippen LogP contribution in [0.4, 0.5) is 0 Å². The minimum absolute atomic E-state index is 0.250. The molecule has 31 heavy (non-hydrogen) atoms. The predicted octanol–water partition coefficient (Wildman–Crippen LogP) is 5.59. The maximum atomic E-state index is 5.92. The molecule has 1 aliphatic carbocycles. The molecule has 0 bridgehead atoms. The van der Waals surface area contributed by atoms with Gasteiger partial charge in [-0.15, -0.1) is 0 Å². The van der Waals surface area contributed by atoms with Gasteiger partial charge in [-0.25, -0.2) is 0 Å². The van der Waals surface area contributed by atoms with E-state index in [4.69, 9.17) is 18.9 Å². The van der Waals surface area contributed by atoms with E-state index in [1.54, 1.807) is 0 Å². The Balaban J connectivity index is 1.17. The van der Waals surface area contributed by atoms with E-state index in [-0.39, 0.29) is 12.2 Å². The molecule has 4 atom stereocenters. The summed E-state index contributed by atoms with van der Waals surface area (Å²) in [6, 6.07) is 14.9. The van der Waals surface area contributed by atoms with Crippen LogP contribution in [-0.2, 0) is 9.47 Å². The van der Waals surface area contributed by atoms with Crippen LogP contribution < -0.4 is 9.47 Å². The summed E-state index contributed by atoms with van der Waals surface area (Å²) in [5, 5.41) is 0. The number of epoxide rings is 2. The van der Waals surface area contributed by atoms with Crippen LogP contribution in [0.5, 0.6) is 11.5 Å². The Morgan fingerprint density at radius 1 is 0.774 bits per heavy atom. The van der Waals surface area contributed by atoms with Gasteiger partial charge in [0.1, 0.15) is 36.9 Å². The van der Waals surface area contributed by atoms with E-state index in [0.717, 1.165) is 24.3 Å². The van der Waals surface area contributed by atoms with Crippen LogP contribution in [-0.4, -0.2) is 37.6 Å². The fraction of sp³-hybridized carbons (Fsp3) is 0.407. The Hall–Kier alpha value is -2.56. The van der Waals surface area contributed by atoms with Gasteiger partial charge in [-0.1, -0.05) is 30.4 Å². The first-order valence-electron chi connectivity index (χ1n) is 11.2. The minimum atomic E-state index is 0.250. The Labute approximate surface area is 184 Å². The van der Waals surface area contributed by atoms with Gasteiger partial charge in [-0.2, -0.15) is 0 Å². The number of allylic oxidation sites excluding steroid dienone is 4. The van der Waals surface area contributed by atoms with Crippen molar-refractivity contribution in [2.45, 2.75) is 58.0 Å². The van der Waals surface area contributed by atoms with Crippen LogP contribution in [0, 0.1) is 6.92 Å². The molecule has 4 unspecified atom stereocenters. The first-order chi connectivity index (χ1) is 15.1. The molecule has 0 saturated carbocycles. The minimum Gasteiger partial charge on any atom is -0.491 e. The highest BCUT2D eigenvalue weighted by Crippen LogP contribution is 2.34. The largest absolute Gasteiger partial charge is 0.491 e. The molecule has 2 fully saturated rings. The molecule has 0 N–H and O–H groups in total. The van der Waals surface area contributed by atoms with Crippen LogP contribution in [0.1, 0.15) is 43.4 Å². The third-order valence-electron chi connectivity index (χ3n) is 6.40. The molecular weight excluding hydrogens is 388 g/mol. The van der Waals surface area contributed by atoms with Crippen molar-refractivity contribution >= 4 is 11.1 Å².